The van der Waals surface area contributed by atoms with E-state index in [1.54, 1.807) is 29.2 Å². The van der Waals surface area contributed by atoms with Crippen molar-refractivity contribution in [2.24, 2.45) is 7.05 Å². The number of hydrogen-bond acceptors (Lipinski definition) is 2. The first-order chi connectivity index (χ1) is 9.15. The lowest BCUT2D eigenvalue weighted by molar-refractivity contribution is 0.0697. The normalized spacial score (nSPS) is 8.89. The summed E-state index contributed by atoms with van der Waals surface area (Å²) in [4.78, 5) is 10.7. The Morgan fingerprint density at radius 2 is 1.79 bits per heavy atom. The zero-order valence-corrected chi connectivity index (χ0v) is 10.2. The molecular formula is C15H10N2O2. The molecule has 4 heteroatoms. The number of rotatable bonds is 1. The van der Waals surface area contributed by atoms with Gasteiger partial charge in [0.05, 0.1) is 17.3 Å². The van der Waals surface area contributed by atoms with Crippen molar-refractivity contribution >= 4 is 5.97 Å². The summed E-state index contributed by atoms with van der Waals surface area (Å²) in [5.74, 6) is 10.2. The third-order valence-electron chi connectivity index (χ3n) is 2.31. The largest absolute Gasteiger partial charge is 0.478 e. The monoisotopic (exact) mass is 250 g/mol. The zero-order chi connectivity index (χ0) is 13.7. The number of carbonyl (C=O) groups is 1. The van der Waals surface area contributed by atoms with Crippen LogP contribution in [0.2, 0.25) is 0 Å². The molecule has 0 amide bonds. The van der Waals surface area contributed by atoms with E-state index in [1.807, 2.05) is 7.05 Å². The summed E-state index contributed by atoms with van der Waals surface area (Å²) in [6, 6.07) is 6.34. The molecule has 0 saturated carbocycles. The van der Waals surface area contributed by atoms with Crippen LogP contribution in [0.1, 0.15) is 21.5 Å². The number of nitrogens with zero attached hydrogens (tertiary/aromatic N) is 2. The first-order valence-corrected chi connectivity index (χ1v) is 5.49. The van der Waals surface area contributed by atoms with Gasteiger partial charge in [-0.1, -0.05) is 5.92 Å². The minimum Gasteiger partial charge on any atom is -0.478 e. The zero-order valence-electron chi connectivity index (χ0n) is 10.2. The standard InChI is InChI=1S/C15H10N2O2/c1-17-11-13(10-16-17)5-3-2-4-12-6-8-14(9-7-12)15(18)19/h6-11H,1H3,(H,18,19). The molecule has 0 saturated heterocycles. The van der Waals surface area contributed by atoms with Gasteiger partial charge in [-0.05, 0) is 42.0 Å². The molecule has 0 aliphatic rings. The van der Waals surface area contributed by atoms with E-state index in [1.165, 1.54) is 12.1 Å². The van der Waals surface area contributed by atoms with Crippen molar-refractivity contribution in [3.05, 3.63) is 53.3 Å². The van der Waals surface area contributed by atoms with Crippen molar-refractivity contribution in [2.75, 3.05) is 0 Å². The molecule has 0 radical (unpaired) electrons. The predicted molar refractivity (Wildman–Crippen MR) is 70.4 cm³/mol. The predicted octanol–water partition coefficient (Wildman–Crippen LogP) is 1.52. The number of hydrogen-bond donors (Lipinski definition) is 1. The van der Waals surface area contributed by atoms with Gasteiger partial charge in [-0.25, -0.2) is 4.79 Å². The fraction of sp³-hybridized carbons (Fsp3) is 0.0667. The molecule has 1 N–H and O–H groups in total. The summed E-state index contributed by atoms with van der Waals surface area (Å²) in [5, 5.41) is 12.7. The summed E-state index contributed by atoms with van der Waals surface area (Å²) >= 11 is 0. The molecule has 2 aromatic rings. The Kier molecular flexibility index (Phi) is 3.66. The van der Waals surface area contributed by atoms with Crippen LogP contribution in [0.15, 0.2) is 36.7 Å². The van der Waals surface area contributed by atoms with Crippen molar-refractivity contribution in [1.82, 2.24) is 9.78 Å². The molecule has 0 spiro atoms. The van der Waals surface area contributed by atoms with Gasteiger partial charge in [0.2, 0.25) is 0 Å². The molecule has 92 valence electrons. The Morgan fingerprint density at radius 1 is 1.16 bits per heavy atom. The summed E-state index contributed by atoms with van der Waals surface area (Å²) in [5.41, 5.74) is 1.77. The van der Waals surface area contributed by atoms with Gasteiger partial charge < -0.3 is 5.11 Å². The fourth-order valence-electron chi connectivity index (χ4n) is 1.39. The van der Waals surface area contributed by atoms with Crippen LogP contribution in [0.25, 0.3) is 0 Å². The average molecular weight is 250 g/mol. The number of aryl methyl sites for hydroxylation is 1. The van der Waals surface area contributed by atoms with Crippen molar-refractivity contribution < 1.29 is 9.90 Å². The Bertz CT molecular complexity index is 719. The van der Waals surface area contributed by atoms with E-state index in [-0.39, 0.29) is 5.56 Å². The van der Waals surface area contributed by atoms with Crippen molar-refractivity contribution in [3.63, 3.8) is 0 Å². The van der Waals surface area contributed by atoms with Gasteiger partial charge in [-0.2, -0.15) is 5.10 Å². The molecule has 0 fully saturated rings. The van der Waals surface area contributed by atoms with Crippen LogP contribution in [0.3, 0.4) is 0 Å². The van der Waals surface area contributed by atoms with Crippen LogP contribution >= 0.6 is 0 Å². The van der Waals surface area contributed by atoms with E-state index in [2.05, 4.69) is 28.8 Å². The molecule has 1 aromatic heterocycles. The molecule has 0 bridgehead atoms. The van der Waals surface area contributed by atoms with E-state index in [9.17, 15) is 4.79 Å². The summed E-state index contributed by atoms with van der Waals surface area (Å²) in [6.45, 7) is 0. The number of carboxylic acid groups (broad SMARTS) is 1. The first-order valence-electron chi connectivity index (χ1n) is 5.49. The smallest absolute Gasteiger partial charge is 0.335 e. The topological polar surface area (TPSA) is 55.1 Å². The summed E-state index contributed by atoms with van der Waals surface area (Å²) < 4.78 is 1.67. The fourth-order valence-corrected chi connectivity index (χ4v) is 1.39. The van der Waals surface area contributed by atoms with Crippen molar-refractivity contribution in [3.8, 4) is 23.7 Å². The number of benzene rings is 1. The molecule has 19 heavy (non-hydrogen) atoms. The highest BCUT2D eigenvalue weighted by molar-refractivity contribution is 5.87. The second-order valence-electron chi connectivity index (χ2n) is 3.79. The minimum absolute atomic E-state index is 0.243. The molecule has 4 nitrogen and oxygen atoms in total. The highest BCUT2D eigenvalue weighted by atomic mass is 16.4. The van der Waals surface area contributed by atoms with E-state index >= 15 is 0 Å². The van der Waals surface area contributed by atoms with E-state index in [4.69, 9.17) is 5.11 Å². The van der Waals surface area contributed by atoms with Gasteiger partial charge in [0.1, 0.15) is 0 Å². The Labute approximate surface area is 110 Å². The SMILES string of the molecule is Cn1cc(C#CC#Cc2ccc(C(=O)O)cc2)cn1. The van der Waals surface area contributed by atoms with Gasteiger partial charge in [0.25, 0.3) is 0 Å². The second kappa shape index (κ2) is 5.57. The van der Waals surface area contributed by atoms with Crippen molar-refractivity contribution in [2.45, 2.75) is 0 Å². The molecule has 1 heterocycles. The van der Waals surface area contributed by atoms with Crippen molar-refractivity contribution in [1.29, 1.82) is 0 Å². The Balaban J connectivity index is 2.08. The molecule has 0 aliphatic heterocycles. The molecule has 1 aromatic carbocycles. The highest BCUT2D eigenvalue weighted by Gasteiger charge is 1.99. The van der Waals surface area contributed by atoms with Gasteiger partial charge in [-0.15, -0.1) is 0 Å². The lowest BCUT2D eigenvalue weighted by Gasteiger charge is -1.92. The van der Waals surface area contributed by atoms with Crippen LogP contribution in [0, 0.1) is 23.7 Å². The number of aromatic nitrogens is 2. The maximum atomic E-state index is 10.7. The quantitative estimate of drug-likeness (QED) is 0.781. The number of carboxylic acids is 1. The highest BCUT2D eigenvalue weighted by Crippen LogP contribution is 2.02. The van der Waals surface area contributed by atoms with Crippen LogP contribution in [0.5, 0.6) is 0 Å². The average Bonchev–Trinajstić information content (AvgIpc) is 2.81. The minimum atomic E-state index is -0.948. The van der Waals surface area contributed by atoms with Gasteiger partial charge in [0, 0.05) is 18.8 Å². The summed E-state index contributed by atoms with van der Waals surface area (Å²) in [6.07, 6.45) is 3.46. The lowest BCUT2D eigenvalue weighted by Crippen LogP contribution is -1.94. The van der Waals surface area contributed by atoms with E-state index in [0.29, 0.717) is 0 Å². The van der Waals surface area contributed by atoms with Crippen LogP contribution in [-0.2, 0) is 7.05 Å². The lowest BCUT2D eigenvalue weighted by atomic mass is 10.1. The maximum Gasteiger partial charge on any atom is 0.335 e. The van der Waals surface area contributed by atoms with Crippen LogP contribution < -0.4 is 0 Å². The van der Waals surface area contributed by atoms with Gasteiger partial charge in [-0.3, -0.25) is 4.68 Å². The molecule has 0 aliphatic carbocycles. The molecule has 0 atom stereocenters. The third-order valence-corrected chi connectivity index (χ3v) is 2.31. The Hall–Kier alpha value is -2.98. The molecule has 2 rings (SSSR count). The van der Waals surface area contributed by atoms with E-state index in [0.717, 1.165) is 11.1 Å². The van der Waals surface area contributed by atoms with Gasteiger partial charge >= 0.3 is 5.97 Å². The second-order valence-corrected chi connectivity index (χ2v) is 3.79. The van der Waals surface area contributed by atoms with Gasteiger partial charge in [0.15, 0.2) is 0 Å². The maximum absolute atomic E-state index is 10.7. The molecular weight excluding hydrogens is 240 g/mol. The number of aromatic carboxylic acids is 1. The van der Waals surface area contributed by atoms with Crippen LogP contribution in [-0.4, -0.2) is 20.9 Å². The molecule has 0 unspecified atom stereocenters. The summed E-state index contributed by atoms with van der Waals surface area (Å²) in [7, 11) is 1.82. The van der Waals surface area contributed by atoms with Crippen LogP contribution in [0.4, 0.5) is 0 Å². The third kappa shape index (κ3) is 3.49. The van der Waals surface area contributed by atoms with E-state index < -0.39 is 5.97 Å². The Morgan fingerprint density at radius 3 is 2.32 bits per heavy atom. The first kappa shape index (κ1) is 12.5.